The fourth-order valence-corrected chi connectivity index (χ4v) is 1.60. The van der Waals surface area contributed by atoms with Crippen LogP contribution >= 0.6 is 0 Å². The largest absolute Gasteiger partial charge is 0.467 e. The van der Waals surface area contributed by atoms with Crippen LogP contribution in [-0.2, 0) is 23.7 Å². The molecule has 0 amide bonds. The van der Waals surface area contributed by atoms with E-state index in [9.17, 15) is 9.90 Å². The molecule has 0 bridgehead atoms. The Balaban J connectivity index is 2.99. The Kier molecular flexibility index (Phi) is 3.34. The Morgan fingerprint density at radius 1 is 1.47 bits per heavy atom. The van der Waals surface area contributed by atoms with Gasteiger partial charge in [0.15, 0.2) is 6.29 Å². The topological polar surface area (TPSA) is 74.2 Å². The molecular formula is C9H16O6. The van der Waals surface area contributed by atoms with Crippen molar-refractivity contribution in [3.8, 4) is 0 Å². The van der Waals surface area contributed by atoms with E-state index in [-0.39, 0.29) is 6.42 Å². The van der Waals surface area contributed by atoms with Crippen molar-refractivity contribution in [2.75, 3.05) is 21.3 Å². The van der Waals surface area contributed by atoms with E-state index in [2.05, 4.69) is 4.74 Å². The molecular weight excluding hydrogens is 204 g/mol. The van der Waals surface area contributed by atoms with Gasteiger partial charge in [-0.05, 0) is 6.92 Å². The Morgan fingerprint density at radius 2 is 2.07 bits per heavy atom. The van der Waals surface area contributed by atoms with Crippen LogP contribution in [0.2, 0.25) is 0 Å². The summed E-state index contributed by atoms with van der Waals surface area (Å²) in [6, 6.07) is 0. The van der Waals surface area contributed by atoms with Gasteiger partial charge in [-0.15, -0.1) is 0 Å². The Morgan fingerprint density at radius 3 is 2.47 bits per heavy atom. The zero-order valence-corrected chi connectivity index (χ0v) is 9.27. The molecule has 1 saturated heterocycles. The molecule has 0 radical (unpaired) electrons. The molecule has 1 rings (SSSR count). The fraction of sp³-hybridized carbons (Fsp3) is 0.889. The van der Waals surface area contributed by atoms with E-state index in [4.69, 9.17) is 14.2 Å². The third kappa shape index (κ3) is 1.74. The number of esters is 1. The minimum absolute atomic E-state index is 0.0273. The lowest BCUT2D eigenvalue weighted by Gasteiger charge is -2.33. The van der Waals surface area contributed by atoms with Crippen LogP contribution in [0.5, 0.6) is 0 Å². The smallest absolute Gasteiger partial charge is 0.343 e. The molecule has 0 aromatic rings. The lowest BCUT2D eigenvalue weighted by molar-refractivity contribution is -0.287. The summed E-state index contributed by atoms with van der Waals surface area (Å²) in [5.74, 6) is -2.26. The number of aliphatic hydroxyl groups is 1. The summed E-state index contributed by atoms with van der Waals surface area (Å²) in [6.45, 7) is 1.46. The number of methoxy groups -OCH3 is 3. The Hall–Kier alpha value is -0.690. The van der Waals surface area contributed by atoms with Crippen LogP contribution in [0.1, 0.15) is 13.3 Å². The number of hydrogen-bond acceptors (Lipinski definition) is 6. The molecule has 0 unspecified atom stereocenters. The highest BCUT2D eigenvalue weighted by atomic mass is 16.8. The van der Waals surface area contributed by atoms with Gasteiger partial charge in [-0.1, -0.05) is 0 Å². The maximum Gasteiger partial charge on any atom is 0.343 e. The first kappa shape index (κ1) is 12.4. The summed E-state index contributed by atoms with van der Waals surface area (Å²) in [4.78, 5) is 11.5. The molecule has 0 aliphatic carbocycles. The number of rotatable bonds is 3. The van der Waals surface area contributed by atoms with Gasteiger partial charge >= 0.3 is 5.97 Å². The molecule has 15 heavy (non-hydrogen) atoms. The van der Waals surface area contributed by atoms with Crippen molar-refractivity contribution in [3.63, 3.8) is 0 Å². The lowest BCUT2D eigenvalue weighted by Crippen LogP contribution is -2.56. The number of ether oxygens (including phenoxy) is 4. The van der Waals surface area contributed by atoms with Gasteiger partial charge in [0.05, 0.1) is 7.11 Å². The first-order valence-corrected chi connectivity index (χ1v) is 4.50. The number of carbonyl (C=O) groups excluding carboxylic acids is 1. The van der Waals surface area contributed by atoms with Gasteiger partial charge in [-0.25, -0.2) is 4.79 Å². The van der Waals surface area contributed by atoms with Gasteiger partial charge in [0.1, 0.15) is 0 Å². The van der Waals surface area contributed by atoms with E-state index < -0.39 is 23.6 Å². The van der Waals surface area contributed by atoms with Crippen LogP contribution in [-0.4, -0.2) is 50.1 Å². The van der Waals surface area contributed by atoms with Crippen molar-refractivity contribution >= 4 is 5.97 Å². The first-order valence-electron chi connectivity index (χ1n) is 4.50. The number of hydrogen-bond donors (Lipinski definition) is 1. The van der Waals surface area contributed by atoms with Crippen molar-refractivity contribution in [2.45, 2.75) is 31.0 Å². The summed E-state index contributed by atoms with van der Waals surface area (Å²) in [6.07, 6.45) is -0.723. The van der Waals surface area contributed by atoms with E-state index in [1.807, 2.05) is 0 Å². The highest BCUT2D eigenvalue weighted by Gasteiger charge is 2.63. The van der Waals surface area contributed by atoms with Crippen LogP contribution < -0.4 is 0 Å². The second kappa shape index (κ2) is 4.05. The molecule has 88 valence electrons. The van der Waals surface area contributed by atoms with E-state index in [1.54, 1.807) is 0 Å². The average molecular weight is 220 g/mol. The predicted molar refractivity (Wildman–Crippen MR) is 48.9 cm³/mol. The molecule has 1 N–H and O–H groups in total. The van der Waals surface area contributed by atoms with Crippen LogP contribution in [0.4, 0.5) is 0 Å². The summed E-state index contributed by atoms with van der Waals surface area (Å²) in [5.41, 5.74) is -1.85. The standard InChI is InChI=1S/C9H16O6/c1-8(14-4)9(11,7(10)13-3)5-6(12-2)15-8/h6,11H,5H2,1-4H3/t6-,8-,9+/m0/s1. The highest BCUT2D eigenvalue weighted by Crippen LogP contribution is 2.41. The minimum atomic E-state index is -1.85. The van der Waals surface area contributed by atoms with Crippen molar-refractivity contribution in [2.24, 2.45) is 0 Å². The van der Waals surface area contributed by atoms with E-state index in [0.29, 0.717) is 0 Å². The van der Waals surface area contributed by atoms with Gasteiger partial charge in [-0.2, -0.15) is 0 Å². The molecule has 1 fully saturated rings. The molecule has 1 heterocycles. The molecule has 0 saturated carbocycles. The quantitative estimate of drug-likeness (QED) is 0.655. The first-order chi connectivity index (χ1) is 6.93. The molecule has 1 aliphatic heterocycles. The van der Waals surface area contributed by atoms with E-state index in [0.717, 1.165) is 0 Å². The summed E-state index contributed by atoms with van der Waals surface area (Å²) in [7, 11) is 3.95. The lowest BCUT2D eigenvalue weighted by atomic mass is 9.93. The third-order valence-corrected chi connectivity index (χ3v) is 2.75. The van der Waals surface area contributed by atoms with Crippen molar-refractivity contribution in [3.05, 3.63) is 0 Å². The third-order valence-electron chi connectivity index (χ3n) is 2.75. The van der Waals surface area contributed by atoms with Crippen molar-refractivity contribution in [1.29, 1.82) is 0 Å². The van der Waals surface area contributed by atoms with Gasteiger partial charge in [0.25, 0.3) is 0 Å². The minimum Gasteiger partial charge on any atom is -0.467 e. The van der Waals surface area contributed by atoms with Crippen molar-refractivity contribution in [1.82, 2.24) is 0 Å². The summed E-state index contributed by atoms with van der Waals surface area (Å²) < 4.78 is 19.8. The van der Waals surface area contributed by atoms with Crippen LogP contribution in [0, 0.1) is 0 Å². The molecule has 6 heteroatoms. The Bertz CT molecular complexity index is 255. The highest BCUT2D eigenvalue weighted by molar-refractivity contribution is 5.81. The van der Waals surface area contributed by atoms with Gasteiger partial charge < -0.3 is 24.1 Å². The zero-order valence-electron chi connectivity index (χ0n) is 9.27. The predicted octanol–water partition coefficient (Wildman–Crippen LogP) is -0.354. The second-order valence-corrected chi connectivity index (χ2v) is 3.49. The summed E-state index contributed by atoms with van der Waals surface area (Å²) >= 11 is 0. The maximum atomic E-state index is 11.5. The molecule has 0 aromatic carbocycles. The monoisotopic (exact) mass is 220 g/mol. The normalized spacial score (nSPS) is 40.5. The maximum absolute atomic E-state index is 11.5. The van der Waals surface area contributed by atoms with Crippen LogP contribution in [0.25, 0.3) is 0 Å². The van der Waals surface area contributed by atoms with E-state index >= 15 is 0 Å². The molecule has 0 aromatic heterocycles. The molecule has 1 aliphatic rings. The second-order valence-electron chi connectivity index (χ2n) is 3.49. The SMILES string of the molecule is COC(=O)[C@]1(O)C[C@@H](OC)O[C@]1(C)OC. The molecule has 6 nitrogen and oxygen atoms in total. The fourth-order valence-electron chi connectivity index (χ4n) is 1.60. The van der Waals surface area contributed by atoms with Crippen LogP contribution in [0.3, 0.4) is 0 Å². The molecule has 0 spiro atoms. The zero-order chi connectivity index (χ0) is 11.7. The Labute approximate surface area is 88.1 Å². The van der Waals surface area contributed by atoms with Gasteiger partial charge in [0, 0.05) is 20.6 Å². The van der Waals surface area contributed by atoms with Gasteiger partial charge in [0.2, 0.25) is 11.4 Å². The number of carbonyl (C=O) groups is 1. The molecule has 3 atom stereocenters. The summed E-state index contributed by atoms with van der Waals surface area (Å²) in [5, 5.41) is 10.2. The van der Waals surface area contributed by atoms with Crippen LogP contribution in [0.15, 0.2) is 0 Å². The van der Waals surface area contributed by atoms with Crippen molar-refractivity contribution < 1.29 is 28.8 Å². The van der Waals surface area contributed by atoms with Gasteiger partial charge in [-0.3, -0.25) is 0 Å². The average Bonchev–Trinajstić information content (AvgIpc) is 2.52. The van der Waals surface area contributed by atoms with E-state index in [1.165, 1.54) is 28.3 Å².